The predicted octanol–water partition coefficient (Wildman–Crippen LogP) is 4.50. The van der Waals surface area contributed by atoms with Gasteiger partial charge in [0.05, 0.1) is 5.60 Å². The fourth-order valence-electron chi connectivity index (χ4n) is 5.15. The summed E-state index contributed by atoms with van der Waals surface area (Å²) < 4.78 is 0. The molecular formula is C19H37NO. The van der Waals surface area contributed by atoms with Gasteiger partial charge in [0.25, 0.3) is 0 Å². The van der Waals surface area contributed by atoms with E-state index in [1.54, 1.807) is 0 Å². The first-order valence-corrected chi connectivity index (χ1v) is 9.21. The maximum atomic E-state index is 11.4. The fourth-order valence-corrected chi connectivity index (χ4v) is 5.15. The molecule has 0 amide bonds. The number of hydrogen-bond acceptors (Lipinski definition) is 2. The highest BCUT2D eigenvalue weighted by Crippen LogP contribution is 2.54. The molecule has 0 aromatic carbocycles. The van der Waals surface area contributed by atoms with Crippen LogP contribution in [-0.4, -0.2) is 17.3 Å². The average molecular weight is 296 g/mol. The summed E-state index contributed by atoms with van der Waals surface area (Å²) >= 11 is 0. The molecule has 0 bridgehead atoms. The Morgan fingerprint density at radius 2 is 1.76 bits per heavy atom. The second kappa shape index (κ2) is 6.20. The number of rotatable bonds is 4. The van der Waals surface area contributed by atoms with Crippen LogP contribution in [0.25, 0.3) is 0 Å². The van der Waals surface area contributed by atoms with Gasteiger partial charge in [0.1, 0.15) is 0 Å². The lowest BCUT2D eigenvalue weighted by Crippen LogP contribution is -2.56. The Kier molecular flexibility index (Phi) is 5.10. The molecule has 0 aromatic heterocycles. The van der Waals surface area contributed by atoms with Gasteiger partial charge < -0.3 is 10.8 Å². The van der Waals surface area contributed by atoms with Crippen molar-refractivity contribution in [2.75, 3.05) is 6.54 Å². The van der Waals surface area contributed by atoms with Gasteiger partial charge >= 0.3 is 0 Å². The third kappa shape index (κ3) is 3.17. The maximum Gasteiger partial charge on any atom is 0.0716 e. The third-order valence-corrected chi connectivity index (χ3v) is 7.30. The molecule has 2 heteroatoms. The van der Waals surface area contributed by atoms with E-state index in [-0.39, 0.29) is 5.41 Å². The van der Waals surface area contributed by atoms with Crippen LogP contribution in [-0.2, 0) is 0 Å². The highest BCUT2D eigenvalue weighted by atomic mass is 16.3. The van der Waals surface area contributed by atoms with E-state index in [2.05, 4.69) is 27.7 Å². The number of nitrogens with two attached hydrogens (primary N) is 1. The van der Waals surface area contributed by atoms with Crippen molar-refractivity contribution in [2.24, 2.45) is 28.4 Å². The topological polar surface area (TPSA) is 46.2 Å². The Morgan fingerprint density at radius 1 is 1.14 bits per heavy atom. The Labute approximate surface area is 131 Å². The SMILES string of the molecule is CCC(C)(C)C1CCC(O)(C2(CN)CCCC(C)C2)CC1. The fraction of sp³-hybridized carbons (Fsp3) is 1.00. The Bertz CT molecular complexity index is 343. The Hall–Kier alpha value is -0.0800. The highest BCUT2D eigenvalue weighted by molar-refractivity contribution is 5.04. The quantitative estimate of drug-likeness (QED) is 0.802. The van der Waals surface area contributed by atoms with Crippen LogP contribution in [0.4, 0.5) is 0 Å². The summed E-state index contributed by atoms with van der Waals surface area (Å²) in [6.45, 7) is 10.1. The van der Waals surface area contributed by atoms with Crippen LogP contribution >= 0.6 is 0 Å². The molecule has 0 radical (unpaired) electrons. The summed E-state index contributed by atoms with van der Waals surface area (Å²) in [6.07, 6.45) is 10.3. The molecule has 21 heavy (non-hydrogen) atoms. The first-order valence-electron chi connectivity index (χ1n) is 9.21. The summed E-state index contributed by atoms with van der Waals surface area (Å²) in [6, 6.07) is 0. The van der Waals surface area contributed by atoms with Crippen LogP contribution in [0.3, 0.4) is 0 Å². The summed E-state index contributed by atoms with van der Waals surface area (Å²) in [7, 11) is 0. The van der Waals surface area contributed by atoms with Crippen LogP contribution in [0.5, 0.6) is 0 Å². The molecule has 2 atom stereocenters. The molecule has 0 aromatic rings. The molecule has 0 saturated heterocycles. The molecule has 2 aliphatic rings. The molecule has 3 N–H and O–H groups in total. The summed E-state index contributed by atoms with van der Waals surface area (Å²) in [5, 5.41) is 11.4. The smallest absolute Gasteiger partial charge is 0.0716 e. The first kappa shape index (κ1) is 17.3. The molecule has 0 spiro atoms. The van der Waals surface area contributed by atoms with Crippen LogP contribution < -0.4 is 5.73 Å². The zero-order valence-corrected chi connectivity index (χ0v) is 14.8. The lowest BCUT2D eigenvalue weighted by molar-refractivity contribution is -0.141. The number of hydrogen-bond donors (Lipinski definition) is 2. The van der Waals surface area contributed by atoms with Crippen LogP contribution in [0.2, 0.25) is 0 Å². The monoisotopic (exact) mass is 295 g/mol. The summed E-state index contributed by atoms with van der Waals surface area (Å²) in [5.74, 6) is 1.48. The molecule has 2 nitrogen and oxygen atoms in total. The molecular weight excluding hydrogens is 258 g/mol. The van der Waals surface area contributed by atoms with Crippen molar-refractivity contribution in [3.8, 4) is 0 Å². The van der Waals surface area contributed by atoms with Gasteiger partial charge in [0.2, 0.25) is 0 Å². The van der Waals surface area contributed by atoms with Gasteiger partial charge in [-0.3, -0.25) is 0 Å². The average Bonchev–Trinajstić information content (AvgIpc) is 2.47. The van der Waals surface area contributed by atoms with E-state index in [4.69, 9.17) is 5.73 Å². The molecule has 2 unspecified atom stereocenters. The second-order valence-electron chi connectivity index (χ2n) is 8.83. The highest BCUT2D eigenvalue weighted by Gasteiger charge is 2.52. The van der Waals surface area contributed by atoms with Crippen molar-refractivity contribution in [3.63, 3.8) is 0 Å². The lowest BCUT2D eigenvalue weighted by atomic mass is 9.54. The summed E-state index contributed by atoms with van der Waals surface area (Å²) in [5.41, 5.74) is 6.11. The molecule has 124 valence electrons. The zero-order valence-electron chi connectivity index (χ0n) is 14.8. The minimum atomic E-state index is -0.503. The van der Waals surface area contributed by atoms with Gasteiger partial charge in [-0.2, -0.15) is 0 Å². The van der Waals surface area contributed by atoms with E-state index in [9.17, 15) is 5.11 Å². The standard InChI is InChI=1S/C19H37NO/c1-5-17(3,4)16-8-11-19(21,12-9-16)18(14-20)10-6-7-15(2)13-18/h15-16,21H,5-14,20H2,1-4H3. The molecule has 0 heterocycles. The largest absolute Gasteiger partial charge is 0.389 e. The Balaban J connectivity index is 2.10. The minimum absolute atomic E-state index is 0.00794. The van der Waals surface area contributed by atoms with Gasteiger partial charge in [0, 0.05) is 12.0 Å². The maximum absolute atomic E-state index is 11.4. The van der Waals surface area contributed by atoms with Crippen molar-refractivity contribution in [1.29, 1.82) is 0 Å². The third-order valence-electron chi connectivity index (χ3n) is 7.30. The van der Waals surface area contributed by atoms with Crippen molar-refractivity contribution in [2.45, 2.75) is 91.1 Å². The molecule has 2 aliphatic carbocycles. The lowest BCUT2D eigenvalue weighted by Gasteiger charge is -2.54. The molecule has 2 fully saturated rings. The van der Waals surface area contributed by atoms with Gasteiger partial charge in [-0.05, 0) is 55.8 Å². The van der Waals surface area contributed by atoms with E-state index in [1.165, 1.54) is 32.1 Å². The first-order chi connectivity index (χ1) is 9.78. The van der Waals surface area contributed by atoms with Gasteiger partial charge in [-0.1, -0.05) is 47.0 Å². The second-order valence-corrected chi connectivity index (χ2v) is 8.83. The Morgan fingerprint density at radius 3 is 2.24 bits per heavy atom. The van der Waals surface area contributed by atoms with Crippen molar-refractivity contribution < 1.29 is 5.11 Å². The molecule has 2 rings (SSSR count). The van der Waals surface area contributed by atoms with E-state index >= 15 is 0 Å². The normalized spacial score (nSPS) is 42.0. The molecule has 0 aliphatic heterocycles. The number of aliphatic hydroxyl groups is 1. The van der Waals surface area contributed by atoms with E-state index in [0.29, 0.717) is 12.0 Å². The van der Waals surface area contributed by atoms with E-state index in [0.717, 1.165) is 37.5 Å². The van der Waals surface area contributed by atoms with Crippen molar-refractivity contribution >= 4 is 0 Å². The van der Waals surface area contributed by atoms with Gasteiger partial charge in [-0.15, -0.1) is 0 Å². The van der Waals surface area contributed by atoms with Crippen LogP contribution in [0, 0.1) is 22.7 Å². The molecule has 2 saturated carbocycles. The van der Waals surface area contributed by atoms with E-state index < -0.39 is 5.60 Å². The summed E-state index contributed by atoms with van der Waals surface area (Å²) in [4.78, 5) is 0. The van der Waals surface area contributed by atoms with Crippen molar-refractivity contribution in [3.05, 3.63) is 0 Å². The van der Waals surface area contributed by atoms with E-state index in [1.807, 2.05) is 0 Å². The predicted molar refractivity (Wildman–Crippen MR) is 90.1 cm³/mol. The van der Waals surface area contributed by atoms with Crippen molar-refractivity contribution in [1.82, 2.24) is 0 Å². The van der Waals surface area contributed by atoms with Crippen LogP contribution in [0.1, 0.15) is 85.5 Å². The van der Waals surface area contributed by atoms with Crippen LogP contribution in [0.15, 0.2) is 0 Å². The zero-order chi connectivity index (χ0) is 15.7. The van der Waals surface area contributed by atoms with Gasteiger partial charge in [0.15, 0.2) is 0 Å². The minimum Gasteiger partial charge on any atom is -0.389 e. The van der Waals surface area contributed by atoms with Gasteiger partial charge in [-0.25, -0.2) is 0 Å².